The maximum atomic E-state index is 12.3. The molecule has 0 radical (unpaired) electrons. The Morgan fingerprint density at radius 1 is 1.18 bits per heavy atom. The maximum absolute atomic E-state index is 12.3. The molecular weight excluding hydrogens is 282 g/mol. The number of carbonyl (C=O) groups excluding carboxylic acids is 2. The first-order valence-electron chi connectivity index (χ1n) is 7.11. The molecule has 0 spiro atoms. The maximum Gasteiger partial charge on any atom is 0.344 e. The number of rotatable bonds is 4. The van der Waals surface area contributed by atoms with Gasteiger partial charge in [0.25, 0.3) is 0 Å². The monoisotopic (exact) mass is 301 g/mol. The summed E-state index contributed by atoms with van der Waals surface area (Å²) in [6.07, 6.45) is -0.238. The number of aryl methyl sites for hydroxylation is 2. The first-order valence-corrected chi connectivity index (χ1v) is 7.11. The third kappa shape index (κ3) is 3.81. The SMILES string of the molecule is Cc1ccc2nc(C)cc(C(=O)OCC(=O)OC(C)C)c2c1. The Morgan fingerprint density at radius 2 is 1.91 bits per heavy atom. The van der Waals surface area contributed by atoms with Gasteiger partial charge in [0.15, 0.2) is 6.61 Å². The molecule has 0 aliphatic rings. The topological polar surface area (TPSA) is 65.5 Å². The van der Waals surface area contributed by atoms with E-state index in [1.54, 1.807) is 19.9 Å². The number of esters is 2. The third-order valence-corrected chi connectivity index (χ3v) is 3.00. The van der Waals surface area contributed by atoms with Crippen LogP contribution in [0.25, 0.3) is 10.9 Å². The molecule has 0 N–H and O–H groups in total. The Morgan fingerprint density at radius 3 is 2.59 bits per heavy atom. The summed E-state index contributed by atoms with van der Waals surface area (Å²) in [5.41, 5.74) is 2.87. The lowest BCUT2D eigenvalue weighted by Gasteiger charge is -2.10. The van der Waals surface area contributed by atoms with Crippen LogP contribution in [0, 0.1) is 13.8 Å². The molecule has 5 heteroatoms. The van der Waals surface area contributed by atoms with Crippen LogP contribution < -0.4 is 0 Å². The summed E-state index contributed by atoms with van der Waals surface area (Å²) >= 11 is 0. The van der Waals surface area contributed by atoms with E-state index in [0.29, 0.717) is 16.6 Å². The summed E-state index contributed by atoms with van der Waals surface area (Å²) in [5, 5.41) is 0.716. The Bertz CT molecular complexity index is 722. The van der Waals surface area contributed by atoms with Crippen LogP contribution in [-0.2, 0) is 14.3 Å². The number of fused-ring (bicyclic) bond motifs is 1. The predicted octanol–water partition coefficient (Wildman–Crippen LogP) is 2.96. The van der Waals surface area contributed by atoms with E-state index in [1.807, 2.05) is 32.0 Å². The number of nitrogens with zero attached hydrogens (tertiary/aromatic N) is 1. The van der Waals surface area contributed by atoms with Crippen LogP contribution in [0.3, 0.4) is 0 Å². The average Bonchev–Trinajstić information content (AvgIpc) is 2.43. The van der Waals surface area contributed by atoms with Gasteiger partial charge in [0.05, 0.1) is 17.2 Å². The molecule has 0 bridgehead atoms. The molecule has 0 fully saturated rings. The van der Waals surface area contributed by atoms with Crippen LogP contribution in [0.1, 0.15) is 35.5 Å². The van der Waals surface area contributed by atoms with Crippen LogP contribution in [0.15, 0.2) is 24.3 Å². The number of hydrogen-bond donors (Lipinski definition) is 0. The highest BCUT2D eigenvalue weighted by atomic mass is 16.6. The average molecular weight is 301 g/mol. The van der Waals surface area contributed by atoms with Crippen molar-refractivity contribution >= 4 is 22.8 Å². The van der Waals surface area contributed by atoms with Gasteiger partial charge in [-0.15, -0.1) is 0 Å². The summed E-state index contributed by atoms with van der Waals surface area (Å²) < 4.78 is 9.99. The van der Waals surface area contributed by atoms with E-state index in [4.69, 9.17) is 9.47 Å². The summed E-state index contributed by atoms with van der Waals surface area (Å²) in [5.74, 6) is -1.11. The number of carbonyl (C=O) groups is 2. The van der Waals surface area contributed by atoms with E-state index in [-0.39, 0.29) is 6.10 Å². The van der Waals surface area contributed by atoms with E-state index in [9.17, 15) is 9.59 Å². The molecule has 5 nitrogen and oxygen atoms in total. The third-order valence-electron chi connectivity index (χ3n) is 3.00. The Balaban J connectivity index is 2.24. The van der Waals surface area contributed by atoms with Crippen molar-refractivity contribution in [2.45, 2.75) is 33.8 Å². The molecule has 1 aromatic heterocycles. The van der Waals surface area contributed by atoms with Crippen LogP contribution in [-0.4, -0.2) is 29.6 Å². The minimum atomic E-state index is -0.561. The highest BCUT2D eigenvalue weighted by molar-refractivity contribution is 6.04. The van der Waals surface area contributed by atoms with Gasteiger partial charge in [-0.3, -0.25) is 4.98 Å². The molecule has 0 saturated carbocycles. The van der Waals surface area contributed by atoms with Crippen molar-refractivity contribution < 1.29 is 19.1 Å². The second-order valence-electron chi connectivity index (χ2n) is 5.45. The molecule has 1 aromatic carbocycles. The Kier molecular flexibility index (Phi) is 4.75. The smallest absolute Gasteiger partial charge is 0.344 e. The molecule has 0 atom stereocenters. The lowest BCUT2D eigenvalue weighted by molar-refractivity contribution is -0.150. The van der Waals surface area contributed by atoms with Crippen LogP contribution in [0.2, 0.25) is 0 Å². The lowest BCUT2D eigenvalue weighted by atomic mass is 10.1. The normalized spacial score (nSPS) is 10.8. The summed E-state index contributed by atoms with van der Waals surface area (Å²) in [7, 11) is 0. The number of hydrogen-bond acceptors (Lipinski definition) is 5. The van der Waals surface area contributed by atoms with E-state index in [0.717, 1.165) is 11.1 Å². The fraction of sp³-hybridized carbons (Fsp3) is 0.353. The van der Waals surface area contributed by atoms with Gasteiger partial charge in [-0.05, 0) is 45.9 Å². The zero-order valence-electron chi connectivity index (χ0n) is 13.2. The molecule has 22 heavy (non-hydrogen) atoms. The highest BCUT2D eigenvalue weighted by Crippen LogP contribution is 2.20. The Labute approximate surface area is 129 Å². The van der Waals surface area contributed by atoms with Crippen molar-refractivity contribution in [2.24, 2.45) is 0 Å². The standard InChI is InChI=1S/C17H19NO4/c1-10(2)22-16(19)9-21-17(20)14-8-12(4)18-15-6-5-11(3)7-13(14)15/h5-8,10H,9H2,1-4H3. The van der Waals surface area contributed by atoms with Crippen molar-refractivity contribution in [1.29, 1.82) is 0 Å². The van der Waals surface area contributed by atoms with Crippen molar-refractivity contribution in [3.63, 3.8) is 0 Å². The fourth-order valence-electron chi connectivity index (χ4n) is 2.14. The molecule has 0 aliphatic heterocycles. The quantitative estimate of drug-likeness (QED) is 0.812. The minimum Gasteiger partial charge on any atom is -0.460 e. The fourth-order valence-corrected chi connectivity index (χ4v) is 2.14. The molecule has 0 saturated heterocycles. The molecule has 2 aromatic rings. The van der Waals surface area contributed by atoms with E-state index in [1.165, 1.54) is 0 Å². The first-order chi connectivity index (χ1) is 10.4. The number of benzene rings is 1. The molecule has 0 amide bonds. The largest absolute Gasteiger partial charge is 0.460 e. The first kappa shape index (κ1) is 15.9. The summed E-state index contributed by atoms with van der Waals surface area (Å²) in [6.45, 7) is 6.83. The van der Waals surface area contributed by atoms with Crippen LogP contribution in [0.5, 0.6) is 0 Å². The molecule has 0 aliphatic carbocycles. The second-order valence-corrected chi connectivity index (χ2v) is 5.45. The number of ether oxygens (including phenoxy) is 2. The van der Waals surface area contributed by atoms with Gasteiger partial charge >= 0.3 is 11.9 Å². The van der Waals surface area contributed by atoms with Gasteiger partial charge in [-0.2, -0.15) is 0 Å². The number of aromatic nitrogens is 1. The zero-order chi connectivity index (χ0) is 16.3. The van der Waals surface area contributed by atoms with E-state index in [2.05, 4.69) is 4.98 Å². The van der Waals surface area contributed by atoms with Gasteiger partial charge in [0, 0.05) is 11.1 Å². The zero-order valence-corrected chi connectivity index (χ0v) is 13.2. The molecule has 116 valence electrons. The van der Waals surface area contributed by atoms with Gasteiger partial charge in [-0.25, -0.2) is 9.59 Å². The van der Waals surface area contributed by atoms with E-state index < -0.39 is 18.5 Å². The Hall–Kier alpha value is -2.43. The lowest BCUT2D eigenvalue weighted by Crippen LogP contribution is -2.19. The van der Waals surface area contributed by atoms with Crippen molar-refractivity contribution in [3.8, 4) is 0 Å². The van der Waals surface area contributed by atoms with Crippen molar-refractivity contribution in [3.05, 3.63) is 41.1 Å². The van der Waals surface area contributed by atoms with Gasteiger partial charge in [0.2, 0.25) is 0 Å². The molecular formula is C17H19NO4. The number of pyridine rings is 1. The van der Waals surface area contributed by atoms with Crippen LogP contribution in [0.4, 0.5) is 0 Å². The second kappa shape index (κ2) is 6.56. The van der Waals surface area contributed by atoms with Crippen molar-refractivity contribution in [2.75, 3.05) is 6.61 Å². The van der Waals surface area contributed by atoms with Gasteiger partial charge in [-0.1, -0.05) is 11.6 Å². The highest BCUT2D eigenvalue weighted by Gasteiger charge is 2.16. The summed E-state index contributed by atoms with van der Waals surface area (Å²) in [6, 6.07) is 7.34. The predicted molar refractivity (Wildman–Crippen MR) is 82.7 cm³/mol. The van der Waals surface area contributed by atoms with Crippen molar-refractivity contribution in [1.82, 2.24) is 4.98 Å². The summed E-state index contributed by atoms with van der Waals surface area (Å²) in [4.78, 5) is 28.1. The van der Waals surface area contributed by atoms with E-state index >= 15 is 0 Å². The minimum absolute atomic E-state index is 0.238. The molecule has 1 heterocycles. The van der Waals surface area contributed by atoms with Gasteiger partial charge < -0.3 is 9.47 Å². The van der Waals surface area contributed by atoms with Gasteiger partial charge in [0.1, 0.15) is 0 Å². The molecule has 0 unspecified atom stereocenters. The van der Waals surface area contributed by atoms with Crippen LogP contribution >= 0.6 is 0 Å². The molecule has 2 rings (SSSR count).